The first-order valence-electron chi connectivity index (χ1n) is 27.9. The van der Waals surface area contributed by atoms with Crippen molar-refractivity contribution in [2.24, 2.45) is 0 Å². The maximum absolute atomic E-state index is 12.8. The fourth-order valence-electron chi connectivity index (χ4n) is 7.30. The van der Waals surface area contributed by atoms with Crippen molar-refractivity contribution in [2.45, 2.75) is 252 Å². The topological polar surface area (TPSA) is 78.9 Å². The van der Waals surface area contributed by atoms with Crippen LogP contribution in [0.3, 0.4) is 0 Å². The van der Waals surface area contributed by atoms with Gasteiger partial charge in [0, 0.05) is 19.3 Å². The molecule has 0 bridgehead atoms. The van der Waals surface area contributed by atoms with Gasteiger partial charge in [-0.05, 0) is 122 Å². The van der Waals surface area contributed by atoms with Gasteiger partial charge in [0.05, 0.1) is 0 Å². The lowest BCUT2D eigenvalue weighted by atomic mass is 10.1. The minimum absolute atomic E-state index is 0.0985. The van der Waals surface area contributed by atoms with Crippen molar-refractivity contribution in [3.8, 4) is 0 Å². The van der Waals surface area contributed by atoms with Crippen LogP contribution in [0.2, 0.25) is 0 Å². The van der Waals surface area contributed by atoms with Crippen LogP contribution in [0.1, 0.15) is 245 Å². The van der Waals surface area contributed by atoms with E-state index in [-0.39, 0.29) is 31.1 Å². The van der Waals surface area contributed by atoms with E-state index in [0.29, 0.717) is 19.3 Å². The van der Waals surface area contributed by atoms with Crippen LogP contribution in [-0.2, 0) is 28.6 Å². The predicted molar refractivity (Wildman–Crippen MR) is 293 cm³/mol. The van der Waals surface area contributed by atoms with E-state index >= 15 is 0 Å². The summed E-state index contributed by atoms with van der Waals surface area (Å²) in [6.45, 7) is 6.40. The Kier molecular flexibility index (Phi) is 52.4. The number of hydrogen-bond acceptors (Lipinski definition) is 6. The van der Waals surface area contributed by atoms with E-state index in [0.717, 1.165) is 154 Å². The van der Waals surface area contributed by atoms with Gasteiger partial charge in [-0.1, -0.05) is 214 Å². The summed E-state index contributed by atoms with van der Waals surface area (Å²) in [6.07, 6.45) is 75.0. The molecule has 0 heterocycles. The molecule has 0 fully saturated rings. The fourth-order valence-corrected chi connectivity index (χ4v) is 7.30. The molecular formula is C62H102O6. The molecule has 1 unspecified atom stereocenters. The Bertz CT molecular complexity index is 1410. The average molecular weight is 943 g/mol. The van der Waals surface area contributed by atoms with E-state index in [1.54, 1.807) is 0 Å². The monoisotopic (exact) mass is 943 g/mol. The van der Waals surface area contributed by atoms with Gasteiger partial charge in [-0.2, -0.15) is 0 Å². The highest BCUT2D eigenvalue weighted by atomic mass is 16.6. The third-order valence-electron chi connectivity index (χ3n) is 11.5. The Labute approximate surface area is 419 Å². The number of carbonyl (C=O) groups excluding carboxylic acids is 3. The van der Waals surface area contributed by atoms with Gasteiger partial charge >= 0.3 is 17.9 Å². The number of ether oxygens (including phenoxy) is 3. The minimum Gasteiger partial charge on any atom is -0.462 e. The largest absolute Gasteiger partial charge is 0.462 e. The molecule has 0 aromatic carbocycles. The van der Waals surface area contributed by atoms with Crippen LogP contribution in [0.25, 0.3) is 0 Å². The molecule has 1 atom stereocenters. The molecule has 6 nitrogen and oxygen atoms in total. The molecule has 0 rings (SSSR count). The molecular weight excluding hydrogens is 841 g/mol. The lowest BCUT2D eigenvalue weighted by Gasteiger charge is -2.18. The summed E-state index contributed by atoms with van der Waals surface area (Å²) >= 11 is 0. The first-order chi connectivity index (χ1) is 33.5. The Morgan fingerprint density at radius 1 is 0.309 bits per heavy atom. The van der Waals surface area contributed by atoms with E-state index < -0.39 is 6.10 Å². The van der Waals surface area contributed by atoms with E-state index in [1.807, 2.05) is 0 Å². The molecule has 386 valence electrons. The van der Waals surface area contributed by atoms with Crippen molar-refractivity contribution in [1.29, 1.82) is 0 Å². The fraction of sp³-hybridized carbons (Fsp3) is 0.661. The summed E-state index contributed by atoms with van der Waals surface area (Å²) in [5.74, 6) is -0.948. The van der Waals surface area contributed by atoms with Gasteiger partial charge in [-0.3, -0.25) is 14.4 Å². The van der Waals surface area contributed by atoms with Crippen molar-refractivity contribution in [3.05, 3.63) is 109 Å². The van der Waals surface area contributed by atoms with Gasteiger partial charge in [-0.15, -0.1) is 0 Å². The smallest absolute Gasteiger partial charge is 0.306 e. The van der Waals surface area contributed by atoms with Crippen molar-refractivity contribution >= 4 is 17.9 Å². The zero-order valence-electron chi connectivity index (χ0n) is 44.1. The molecule has 6 heteroatoms. The molecule has 0 amide bonds. The van der Waals surface area contributed by atoms with Crippen molar-refractivity contribution < 1.29 is 28.6 Å². The second-order valence-corrected chi connectivity index (χ2v) is 18.1. The van der Waals surface area contributed by atoms with E-state index in [4.69, 9.17) is 14.2 Å². The quantitative estimate of drug-likeness (QED) is 0.0262. The van der Waals surface area contributed by atoms with Crippen molar-refractivity contribution in [1.82, 2.24) is 0 Å². The number of allylic oxidation sites excluding steroid dienone is 18. The number of esters is 3. The average Bonchev–Trinajstić information content (AvgIpc) is 3.34. The molecule has 0 aliphatic heterocycles. The third kappa shape index (κ3) is 53.0. The van der Waals surface area contributed by atoms with Crippen molar-refractivity contribution in [2.75, 3.05) is 13.2 Å². The molecule has 0 saturated carbocycles. The normalized spacial score (nSPS) is 12.9. The van der Waals surface area contributed by atoms with E-state index in [2.05, 4.69) is 130 Å². The SMILES string of the molecule is CC/C=C\C/C=C\C/C=C\C/C=C\C/C=C\C/C=C\CCCCCCC(=O)OCC(COC(=O)CCCCCCC/C=C\C/C=C\CCC)OC(=O)CCCCCCC/C=C\CCCCCCC. The summed E-state index contributed by atoms with van der Waals surface area (Å²) in [7, 11) is 0. The number of carbonyl (C=O) groups is 3. The highest BCUT2D eigenvalue weighted by Crippen LogP contribution is 2.13. The summed E-state index contributed by atoms with van der Waals surface area (Å²) in [4.78, 5) is 38.1. The third-order valence-corrected chi connectivity index (χ3v) is 11.5. The van der Waals surface area contributed by atoms with Gasteiger partial charge in [0.15, 0.2) is 6.10 Å². The molecule has 68 heavy (non-hydrogen) atoms. The lowest BCUT2D eigenvalue weighted by molar-refractivity contribution is -0.167. The second kappa shape index (κ2) is 55.7. The van der Waals surface area contributed by atoms with E-state index in [9.17, 15) is 14.4 Å². The van der Waals surface area contributed by atoms with Gasteiger partial charge in [0.25, 0.3) is 0 Å². The standard InChI is InChI=1S/C62H102O6/c1-4-7-10-13-16-19-22-25-27-28-29-30-31-32-33-34-35-38-40-43-46-49-52-55-61(64)67-58-59(57-66-60(63)54-51-48-45-42-39-36-24-21-18-15-12-9-6-3)68-62(65)56-53-50-47-44-41-37-26-23-20-17-14-11-8-5-2/h7,10,12,15-16,19,21,23-27,29-30,32-33,35,38,59H,4-6,8-9,11,13-14,17-18,20,22,28,31,34,36-37,39-58H2,1-3H3/b10-7-,15-12-,19-16-,24-21-,26-23-,27-25-,30-29-,33-32-,38-35-. The summed E-state index contributed by atoms with van der Waals surface area (Å²) < 4.78 is 16.8. The molecule has 0 radical (unpaired) electrons. The molecule has 0 aromatic rings. The van der Waals surface area contributed by atoms with Crippen LogP contribution in [0.5, 0.6) is 0 Å². The number of unbranched alkanes of at least 4 members (excludes halogenated alkanes) is 20. The van der Waals surface area contributed by atoms with Crippen LogP contribution in [0.15, 0.2) is 109 Å². The Morgan fingerprint density at radius 3 is 0.971 bits per heavy atom. The second-order valence-electron chi connectivity index (χ2n) is 18.1. The predicted octanol–water partition coefficient (Wildman–Crippen LogP) is 18.7. The summed E-state index contributed by atoms with van der Waals surface area (Å²) in [5.41, 5.74) is 0. The van der Waals surface area contributed by atoms with Crippen LogP contribution >= 0.6 is 0 Å². The Hall–Kier alpha value is -3.93. The van der Waals surface area contributed by atoms with Crippen LogP contribution in [0.4, 0.5) is 0 Å². The highest BCUT2D eigenvalue weighted by Gasteiger charge is 2.19. The molecule has 0 aliphatic carbocycles. The van der Waals surface area contributed by atoms with Crippen LogP contribution in [0, 0.1) is 0 Å². The number of hydrogen-bond donors (Lipinski definition) is 0. The molecule has 0 aromatic heterocycles. The zero-order chi connectivity index (χ0) is 49.3. The molecule has 0 N–H and O–H groups in total. The van der Waals surface area contributed by atoms with Crippen LogP contribution < -0.4 is 0 Å². The summed E-state index contributed by atoms with van der Waals surface area (Å²) in [5, 5.41) is 0. The molecule has 0 aliphatic rings. The highest BCUT2D eigenvalue weighted by molar-refractivity contribution is 5.71. The van der Waals surface area contributed by atoms with E-state index in [1.165, 1.54) is 51.4 Å². The lowest BCUT2D eigenvalue weighted by Crippen LogP contribution is -2.30. The Morgan fingerprint density at radius 2 is 0.603 bits per heavy atom. The zero-order valence-corrected chi connectivity index (χ0v) is 44.1. The van der Waals surface area contributed by atoms with Gasteiger partial charge in [0.1, 0.15) is 13.2 Å². The maximum atomic E-state index is 12.8. The first-order valence-corrected chi connectivity index (χ1v) is 27.9. The first kappa shape index (κ1) is 64.1. The van der Waals surface area contributed by atoms with Crippen LogP contribution in [-0.4, -0.2) is 37.2 Å². The molecule has 0 spiro atoms. The van der Waals surface area contributed by atoms with Gasteiger partial charge in [0.2, 0.25) is 0 Å². The summed E-state index contributed by atoms with van der Waals surface area (Å²) in [6, 6.07) is 0. The van der Waals surface area contributed by atoms with Crippen molar-refractivity contribution in [3.63, 3.8) is 0 Å². The maximum Gasteiger partial charge on any atom is 0.306 e. The minimum atomic E-state index is -0.801. The van der Waals surface area contributed by atoms with Gasteiger partial charge in [-0.25, -0.2) is 0 Å². The van der Waals surface area contributed by atoms with Gasteiger partial charge < -0.3 is 14.2 Å². The Balaban J connectivity index is 4.43. The molecule has 0 saturated heterocycles. The number of rotatable bonds is 49.